The first-order valence-electron chi connectivity index (χ1n) is 8.75. The molecule has 2 aromatic heterocycles. The van der Waals surface area contributed by atoms with Gasteiger partial charge in [0.2, 0.25) is 5.88 Å². The fourth-order valence-electron chi connectivity index (χ4n) is 3.11. The van der Waals surface area contributed by atoms with Gasteiger partial charge in [-0.05, 0) is 33.8 Å². The van der Waals surface area contributed by atoms with Gasteiger partial charge in [0.15, 0.2) is 0 Å². The number of aryl methyl sites for hydroxylation is 1. The number of fused-ring (bicyclic) bond motifs is 1. The minimum atomic E-state index is -0.283. The number of para-hydroxylation sites is 1. The zero-order chi connectivity index (χ0) is 19.6. The Morgan fingerprint density at radius 2 is 2.07 bits per heavy atom. The Morgan fingerprint density at radius 1 is 1.33 bits per heavy atom. The van der Waals surface area contributed by atoms with Crippen LogP contribution in [0.5, 0.6) is 0 Å². The molecule has 0 fully saturated rings. The summed E-state index contributed by atoms with van der Waals surface area (Å²) in [6.07, 6.45) is 1.69. The van der Waals surface area contributed by atoms with Crippen molar-refractivity contribution >= 4 is 29.0 Å². The highest BCUT2D eigenvalue weighted by Crippen LogP contribution is 2.29. The SMILES string of the molecule is CCOC(=O)Cn1c(C)c(C=Nc2oc(C)c(C)c2C#N)c2ccccc21. The van der Waals surface area contributed by atoms with E-state index in [1.54, 1.807) is 13.1 Å². The number of rotatable bonds is 5. The fourth-order valence-corrected chi connectivity index (χ4v) is 3.11. The molecule has 27 heavy (non-hydrogen) atoms. The van der Waals surface area contributed by atoms with Crippen LogP contribution in [0.2, 0.25) is 0 Å². The quantitative estimate of drug-likeness (QED) is 0.499. The molecule has 0 aliphatic carbocycles. The first kappa shape index (κ1) is 18.5. The predicted octanol–water partition coefficient (Wildman–Crippen LogP) is 4.34. The third-order valence-corrected chi connectivity index (χ3v) is 4.66. The number of esters is 1. The van der Waals surface area contributed by atoms with Gasteiger partial charge in [-0.25, -0.2) is 4.99 Å². The Hall–Kier alpha value is -3.33. The van der Waals surface area contributed by atoms with Crippen LogP contribution in [0.3, 0.4) is 0 Å². The molecular weight excluding hydrogens is 342 g/mol. The summed E-state index contributed by atoms with van der Waals surface area (Å²) in [5.41, 5.74) is 3.94. The number of carbonyl (C=O) groups is 1. The van der Waals surface area contributed by atoms with Crippen LogP contribution in [0.1, 0.15) is 35.1 Å². The van der Waals surface area contributed by atoms with Crippen molar-refractivity contribution in [3.63, 3.8) is 0 Å². The average Bonchev–Trinajstić information content (AvgIpc) is 3.07. The lowest BCUT2D eigenvalue weighted by Gasteiger charge is -2.07. The number of benzene rings is 1. The van der Waals surface area contributed by atoms with Crippen molar-refractivity contribution in [3.05, 3.63) is 52.4 Å². The molecule has 0 atom stereocenters. The summed E-state index contributed by atoms with van der Waals surface area (Å²) in [5, 5.41) is 10.3. The number of carbonyl (C=O) groups excluding carboxylic acids is 1. The van der Waals surface area contributed by atoms with Crippen LogP contribution in [-0.4, -0.2) is 23.4 Å². The van der Waals surface area contributed by atoms with Gasteiger partial charge in [-0.3, -0.25) is 4.79 Å². The second kappa shape index (κ2) is 7.50. The van der Waals surface area contributed by atoms with E-state index in [1.165, 1.54) is 0 Å². The molecule has 0 amide bonds. The number of furan rings is 1. The summed E-state index contributed by atoms with van der Waals surface area (Å²) in [5.74, 6) is 0.697. The van der Waals surface area contributed by atoms with Crippen LogP contribution in [0.15, 0.2) is 33.7 Å². The first-order valence-corrected chi connectivity index (χ1v) is 8.75. The minimum Gasteiger partial charge on any atom is -0.465 e. The molecule has 0 unspecified atom stereocenters. The van der Waals surface area contributed by atoms with Crippen molar-refractivity contribution in [2.24, 2.45) is 4.99 Å². The lowest BCUT2D eigenvalue weighted by molar-refractivity contribution is -0.143. The molecule has 0 N–H and O–H groups in total. The van der Waals surface area contributed by atoms with E-state index in [-0.39, 0.29) is 12.5 Å². The van der Waals surface area contributed by atoms with Crippen LogP contribution >= 0.6 is 0 Å². The molecule has 138 valence electrons. The largest absolute Gasteiger partial charge is 0.465 e. The van der Waals surface area contributed by atoms with E-state index in [2.05, 4.69) is 11.1 Å². The average molecular weight is 363 g/mol. The van der Waals surface area contributed by atoms with Crippen molar-refractivity contribution in [1.82, 2.24) is 4.57 Å². The third kappa shape index (κ3) is 3.36. The molecule has 2 heterocycles. The van der Waals surface area contributed by atoms with E-state index < -0.39 is 0 Å². The van der Waals surface area contributed by atoms with E-state index >= 15 is 0 Å². The zero-order valence-corrected chi connectivity index (χ0v) is 15.9. The van der Waals surface area contributed by atoms with Crippen LogP contribution < -0.4 is 0 Å². The van der Waals surface area contributed by atoms with Crippen molar-refractivity contribution in [2.45, 2.75) is 34.2 Å². The Kier molecular flexibility index (Phi) is 5.13. The predicted molar refractivity (Wildman–Crippen MR) is 103 cm³/mol. The Bertz CT molecular complexity index is 1080. The summed E-state index contributed by atoms with van der Waals surface area (Å²) < 4.78 is 12.6. The zero-order valence-electron chi connectivity index (χ0n) is 15.9. The number of nitrogens with zero attached hydrogens (tertiary/aromatic N) is 3. The number of ether oxygens (including phenoxy) is 1. The van der Waals surface area contributed by atoms with Crippen molar-refractivity contribution in [1.29, 1.82) is 5.26 Å². The molecule has 0 spiro atoms. The van der Waals surface area contributed by atoms with Gasteiger partial charge in [0.25, 0.3) is 0 Å². The maximum Gasteiger partial charge on any atom is 0.325 e. The van der Waals surface area contributed by atoms with Gasteiger partial charge in [0.1, 0.15) is 23.9 Å². The van der Waals surface area contributed by atoms with E-state index in [9.17, 15) is 10.1 Å². The molecule has 6 nitrogen and oxygen atoms in total. The second-order valence-electron chi connectivity index (χ2n) is 6.24. The highest BCUT2D eigenvalue weighted by atomic mass is 16.5. The summed E-state index contributed by atoms with van der Waals surface area (Å²) in [7, 11) is 0. The monoisotopic (exact) mass is 363 g/mol. The van der Waals surface area contributed by atoms with Gasteiger partial charge < -0.3 is 13.7 Å². The Labute approximate surface area is 157 Å². The van der Waals surface area contributed by atoms with Crippen LogP contribution in [0, 0.1) is 32.1 Å². The van der Waals surface area contributed by atoms with E-state index in [1.807, 2.05) is 49.6 Å². The summed E-state index contributed by atoms with van der Waals surface area (Å²) in [4.78, 5) is 16.4. The van der Waals surface area contributed by atoms with Gasteiger partial charge in [0, 0.05) is 33.9 Å². The van der Waals surface area contributed by atoms with Crippen molar-refractivity contribution in [3.8, 4) is 6.07 Å². The van der Waals surface area contributed by atoms with E-state index in [0.717, 1.165) is 27.7 Å². The molecule has 6 heteroatoms. The maximum atomic E-state index is 12.0. The number of aliphatic imine (C=N–C) groups is 1. The lowest BCUT2D eigenvalue weighted by Crippen LogP contribution is -2.14. The number of hydrogen-bond acceptors (Lipinski definition) is 5. The molecule has 0 aliphatic rings. The number of hydrogen-bond donors (Lipinski definition) is 0. The smallest absolute Gasteiger partial charge is 0.325 e. The molecule has 0 saturated heterocycles. The highest BCUT2D eigenvalue weighted by molar-refractivity contribution is 6.02. The third-order valence-electron chi connectivity index (χ3n) is 4.66. The van der Waals surface area contributed by atoms with Gasteiger partial charge in [0.05, 0.1) is 6.61 Å². The summed E-state index contributed by atoms with van der Waals surface area (Å²) in [6.45, 7) is 7.86. The molecule has 0 radical (unpaired) electrons. The fraction of sp³-hybridized carbons (Fsp3) is 0.286. The first-order chi connectivity index (χ1) is 13.0. The van der Waals surface area contributed by atoms with Gasteiger partial charge >= 0.3 is 5.97 Å². The highest BCUT2D eigenvalue weighted by Gasteiger charge is 2.17. The summed E-state index contributed by atoms with van der Waals surface area (Å²) >= 11 is 0. The molecule has 1 aromatic carbocycles. The standard InChI is InChI=1S/C21H21N3O3/c1-5-26-20(25)12-24-14(3)18(16-8-6-7-9-19(16)24)11-23-21-17(10-22)13(2)15(4)27-21/h6-9,11H,5,12H2,1-4H3. The Balaban J connectivity index is 2.08. The number of nitriles is 1. The molecule has 3 rings (SSSR count). The minimum absolute atomic E-state index is 0.135. The maximum absolute atomic E-state index is 12.0. The number of aromatic nitrogens is 1. The van der Waals surface area contributed by atoms with Gasteiger partial charge in [-0.1, -0.05) is 18.2 Å². The molecule has 0 aliphatic heterocycles. The Morgan fingerprint density at radius 3 is 2.78 bits per heavy atom. The van der Waals surface area contributed by atoms with E-state index in [0.29, 0.717) is 23.8 Å². The normalized spacial score (nSPS) is 11.2. The molecular formula is C21H21N3O3. The van der Waals surface area contributed by atoms with Gasteiger partial charge in [-0.2, -0.15) is 5.26 Å². The molecule has 0 bridgehead atoms. The molecule has 0 saturated carbocycles. The lowest BCUT2D eigenvalue weighted by atomic mass is 10.1. The van der Waals surface area contributed by atoms with Gasteiger partial charge in [-0.15, -0.1) is 0 Å². The van der Waals surface area contributed by atoms with Crippen molar-refractivity contribution in [2.75, 3.05) is 6.61 Å². The molecule has 3 aromatic rings. The van der Waals surface area contributed by atoms with Crippen LogP contribution in [0.25, 0.3) is 10.9 Å². The van der Waals surface area contributed by atoms with Crippen molar-refractivity contribution < 1.29 is 13.9 Å². The van der Waals surface area contributed by atoms with Crippen LogP contribution in [0.4, 0.5) is 5.88 Å². The second-order valence-corrected chi connectivity index (χ2v) is 6.24. The topological polar surface area (TPSA) is 80.5 Å². The summed E-state index contributed by atoms with van der Waals surface area (Å²) in [6, 6.07) is 9.95. The van der Waals surface area contributed by atoms with E-state index in [4.69, 9.17) is 9.15 Å². The van der Waals surface area contributed by atoms with Crippen LogP contribution in [-0.2, 0) is 16.1 Å².